The van der Waals surface area contributed by atoms with E-state index in [1.807, 2.05) is 19.1 Å². The summed E-state index contributed by atoms with van der Waals surface area (Å²) in [4.78, 5) is 10.5. The minimum Gasteiger partial charge on any atom is -0.495 e. The van der Waals surface area contributed by atoms with Crippen molar-refractivity contribution < 1.29 is 19.7 Å². The number of hydrogen-bond acceptors (Lipinski definition) is 5. The molecule has 0 saturated heterocycles. The third-order valence-corrected chi connectivity index (χ3v) is 3.19. The van der Waals surface area contributed by atoms with Gasteiger partial charge in [0.15, 0.2) is 0 Å². The second kappa shape index (κ2) is 8.65. The smallest absolute Gasteiger partial charge is 0.335 e. The molecule has 0 radical (unpaired) electrons. The van der Waals surface area contributed by atoms with Crippen LogP contribution in [-0.2, 0) is 0 Å². The van der Waals surface area contributed by atoms with Crippen molar-refractivity contribution >= 4 is 17.3 Å². The average molecular weight is 318 g/mol. The molecule has 0 aliphatic rings. The maximum Gasteiger partial charge on any atom is 0.335 e. The Hall–Kier alpha value is -2.73. The fraction of sp³-hybridized carbons (Fsp3) is 0.235. The monoisotopic (exact) mass is 318 g/mol. The van der Waals surface area contributed by atoms with Gasteiger partial charge in [0, 0.05) is 5.69 Å². The minimum atomic E-state index is -0.992. The third kappa shape index (κ3) is 5.52. The van der Waals surface area contributed by atoms with Gasteiger partial charge in [-0.1, -0.05) is 19.1 Å². The molecule has 0 aromatic heterocycles. The van der Waals surface area contributed by atoms with Gasteiger partial charge in [-0.2, -0.15) is 0 Å². The number of benzene rings is 2. The van der Waals surface area contributed by atoms with Gasteiger partial charge in [0.2, 0.25) is 0 Å². The summed E-state index contributed by atoms with van der Waals surface area (Å²) in [5.41, 5.74) is 13.2. The van der Waals surface area contributed by atoms with E-state index in [-0.39, 0.29) is 11.7 Å². The summed E-state index contributed by atoms with van der Waals surface area (Å²) in [6.45, 7) is 1.95. The van der Waals surface area contributed by atoms with Gasteiger partial charge in [-0.05, 0) is 42.3 Å². The van der Waals surface area contributed by atoms with E-state index < -0.39 is 5.97 Å². The lowest BCUT2D eigenvalue weighted by atomic mass is 10.1. The number of aliphatic hydroxyl groups excluding tert-OH is 1. The number of aromatic carboxylic acids is 1. The lowest BCUT2D eigenvalue weighted by Gasteiger charge is -2.06. The van der Waals surface area contributed by atoms with Crippen LogP contribution in [0.2, 0.25) is 0 Å². The van der Waals surface area contributed by atoms with E-state index in [0.29, 0.717) is 11.4 Å². The second-order valence-corrected chi connectivity index (χ2v) is 4.85. The van der Waals surface area contributed by atoms with Crippen LogP contribution < -0.4 is 16.2 Å². The number of aliphatic hydroxyl groups is 1. The molecule has 0 aliphatic heterocycles. The highest BCUT2D eigenvalue weighted by Gasteiger charge is 2.05. The van der Waals surface area contributed by atoms with E-state index in [0.717, 1.165) is 17.7 Å². The Morgan fingerprint density at radius 2 is 1.78 bits per heavy atom. The van der Waals surface area contributed by atoms with Crippen LogP contribution in [0.3, 0.4) is 0 Å². The van der Waals surface area contributed by atoms with E-state index in [2.05, 4.69) is 0 Å². The summed E-state index contributed by atoms with van der Waals surface area (Å²) < 4.78 is 4.85. The molecular weight excluding hydrogens is 296 g/mol. The quantitative estimate of drug-likeness (QED) is 0.644. The number of ether oxygens (including phenoxy) is 1. The van der Waals surface area contributed by atoms with Gasteiger partial charge in [-0.25, -0.2) is 4.79 Å². The van der Waals surface area contributed by atoms with Gasteiger partial charge in [0.25, 0.3) is 0 Å². The summed E-state index contributed by atoms with van der Waals surface area (Å²) in [6, 6.07) is 11.6. The van der Waals surface area contributed by atoms with Crippen LogP contribution in [-0.4, -0.2) is 23.3 Å². The number of rotatable bonds is 4. The number of methoxy groups -OCH3 is 1. The number of carboxylic acids is 1. The van der Waals surface area contributed by atoms with Crippen molar-refractivity contribution in [3.63, 3.8) is 0 Å². The van der Waals surface area contributed by atoms with Gasteiger partial charge >= 0.3 is 5.97 Å². The number of anilines is 2. The van der Waals surface area contributed by atoms with E-state index in [4.69, 9.17) is 21.3 Å². The second-order valence-electron chi connectivity index (χ2n) is 4.85. The van der Waals surface area contributed by atoms with Crippen LogP contribution in [0.1, 0.15) is 35.4 Å². The fourth-order valence-corrected chi connectivity index (χ4v) is 1.80. The van der Waals surface area contributed by atoms with Crippen LogP contribution in [0.15, 0.2) is 42.5 Å². The average Bonchev–Trinajstić information content (AvgIpc) is 2.55. The molecule has 2 aromatic carbocycles. The molecule has 0 fully saturated rings. The number of carbonyl (C=O) groups is 1. The summed E-state index contributed by atoms with van der Waals surface area (Å²) in [5, 5.41) is 18.0. The van der Waals surface area contributed by atoms with Crippen molar-refractivity contribution in [2.45, 2.75) is 19.4 Å². The van der Waals surface area contributed by atoms with Crippen molar-refractivity contribution in [2.75, 3.05) is 18.6 Å². The lowest BCUT2D eigenvalue weighted by molar-refractivity contribution is 0.0696. The van der Waals surface area contributed by atoms with E-state index in [1.54, 1.807) is 12.1 Å². The first-order chi connectivity index (χ1) is 10.9. The zero-order valence-corrected chi connectivity index (χ0v) is 13.2. The molecule has 0 saturated carbocycles. The first kappa shape index (κ1) is 18.3. The number of carboxylic acid groups (broad SMARTS) is 1. The van der Waals surface area contributed by atoms with Crippen molar-refractivity contribution in [1.82, 2.24) is 0 Å². The van der Waals surface area contributed by atoms with Crippen LogP contribution in [0, 0.1) is 0 Å². The Morgan fingerprint density at radius 1 is 1.17 bits per heavy atom. The molecule has 0 heterocycles. The van der Waals surface area contributed by atoms with Crippen LogP contribution in [0.5, 0.6) is 5.75 Å². The molecule has 0 amide bonds. The standard InChI is InChI=1S/C9H13NO.C8H9NO3/c1-2-9(11)7-3-5-8(10)6-4-7;1-12-7-4-5(8(10)11)2-3-6(7)9/h3-6,9,11H,2,10H2,1H3;2-4H,9H2,1H3,(H,10,11). The molecule has 0 bridgehead atoms. The highest BCUT2D eigenvalue weighted by molar-refractivity contribution is 5.89. The molecule has 2 aromatic rings. The first-order valence-electron chi connectivity index (χ1n) is 7.09. The molecule has 6 heteroatoms. The predicted octanol–water partition coefficient (Wildman–Crippen LogP) is 2.69. The highest BCUT2D eigenvalue weighted by atomic mass is 16.5. The van der Waals surface area contributed by atoms with E-state index >= 15 is 0 Å². The lowest BCUT2D eigenvalue weighted by Crippen LogP contribution is -1.99. The molecule has 6 N–H and O–H groups in total. The molecular formula is C17H22N2O4. The Morgan fingerprint density at radius 3 is 2.26 bits per heavy atom. The molecule has 0 spiro atoms. The normalized spacial score (nSPS) is 11.1. The van der Waals surface area contributed by atoms with Gasteiger partial charge in [0.05, 0.1) is 24.5 Å². The molecule has 1 atom stereocenters. The Kier molecular flexibility index (Phi) is 6.89. The van der Waals surface area contributed by atoms with E-state index in [9.17, 15) is 9.90 Å². The zero-order valence-electron chi connectivity index (χ0n) is 13.2. The molecule has 2 rings (SSSR count). The Balaban J connectivity index is 0.000000231. The summed E-state index contributed by atoms with van der Waals surface area (Å²) in [6.07, 6.45) is 0.389. The zero-order chi connectivity index (χ0) is 17.4. The Bertz CT molecular complexity index is 642. The van der Waals surface area contributed by atoms with Gasteiger partial charge < -0.3 is 26.4 Å². The minimum absolute atomic E-state index is 0.168. The largest absolute Gasteiger partial charge is 0.495 e. The molecule has 23 heavy (non-hydrogen) atoms. The van der Waals surface area contributed by atoms with E-state index in [1.165, 1.54) is 25.3 Å². The summed E-state index contributed by atoms with van der Waals surface area (Å²) >= 11 is 0. The SMILES string of the molecule is CCC(O)c1ccc(N)cc1.COc1cc(C(=O)O)ccc1N. The van der Waals surface area contributed by atoms with Crippen molar-refractivity contribution in [1.29, 1.82) is 0 Å². The molecule has 124 valence electrons. The first-order valence-corrected chi connectivity index (χ1v) is 7.09. The molecule has 1 unspecified atom stereocenters. The predicted molar refractivity (Wildman–Crippen MR) is 90.5 cm³/mol. The summed E-state index contributed by atoms with van der Waals surface area (Å²) in [7, 11) is 1.44. The maximum absolute atomic E-state index is 10.5. The van der Waals surface area contributed by atoms with Crippen LogP contribution >= 0.6 is 0 Å². The maximum atomic E-state index is 10.5. The topological polar surface area (TPSA) is 119 Å². The van der Waals surface area contributed by atoms with Crippen molar-refractivity contribution in [2.24, 2.45) is 0 Å². The number of nitrogens with two attached hydrogens (primary N) is 2. The van der Waals surface area contributed by atoms with Gasteiger partial charge in [-0.15, -0.1) is 0 Å². The van der Waals surface area contributed by atoms with Crippen LogP contribution in [0.25, 0.3) is 0 Å². The number of nitrogen functional groups attached to an aromatic ring is 2. The van der Waals surface area contributed by atoms with Crippen molar-refractivity contribution in [3.05, 3.63) is 53.6 Å². The molecule has 6 nitrogen and oxygen atoms in total. The van der Waals surface area contributed by atoms with Crippen molar-refractivity contribution in [3.8, 4) is 5.75 Å². The number of hydrogen-bond donors (Lipinski definition) is 4. The van der Waals surface area contributed by atoms with Gasteiger partial charge in [0.1, 0.15) is 5.75 Å². The Labute approximate surface area is 135 Å². The van der Waals surface area contributed by atoms with Gasteiger partial charge in [-0.3, -0.25) is 0 Å². The highest BCUT2D eigenvalue weighted by Crippen LogP contribution is 2.21. The third-order valence-electron chi connectivity index (χ3n) is 3.19. The summed E-state index contributed by atoms with van der Waals surface area (Å²) in [5.74, 6) is -0.608. The van der Waals surface area contributed by atoms with Crippen LogP contribution in [0.4, 0.5) is 11.4 Å². The molecule has 0 aliphatic carbocycles. The fourth-order valence-electron chi connectivity index (χ4n) is 1.80.